The van der Waals surface area contributed by atoms with Gasteiger partial charge in [-0.2, -0.15) is 0 Å². The molecule has 28 heavy (non-hydrogen) atoms. The standard InChI is InChI=1S/C21H25FN4O2/c1-14-6-7-18(10-19(14)16-9-17(22)12-23-11-16)24-21(28)26-8-4-5-15(13-26)20(27)25(2)3/h6-7,9-12,15H,4-5,8,13H2,1-3H3,(H,24,28)/t15-/m1/s1. The third-order valence-corrected chi connectivity index (χ3v) is 5.00. The number of pyridine rings is 1. The van der Waals surface area contributed by atoms with E-state index < -0.39 is 5.82 Å². The lowest BCUT2D eigenvalue weighted by Gasteiger charge is -2.33. The van der Waals surface area contributed by atoms with Gasteiger partial charge in [-0.1, -0.05) is 6.07 Å². The fraction of sp³-hybridized carbons (Fsp3) is 0.381. The summed E-state index contributed by atoms with van der Waals surface area (Å²) in [5.41, 5.74) is 3.04. The first-order valence-electron chi connectivity index (χ1n) is 9.34. The fourth-order valence-corrected chi connectivity index (χ4v) is 3.50. The zero-order valence-electron chi connectivity index (χ0n) is 16.4. The van der Waals surface area contributed by atoms with E-state index >= 15 is 0 Å². The Bertz CT molecular complexity index is 884. The van der Waals surface area contributed by atoms with Gasteiger partial charge in [0.15, 0.2) is 0 Å². The molecular weight excluding hydrogens is 359 g/mol. The summed E-state index contributed by atoms with van der Waals surface area (Å²) in [5.74, 6) is -0.522. The molecule has 0 aliphatic carbocycles. The highest BCUT2D eigenvalue weighted by molar-refractivity contribution is 5.91. The molecule has 0 unspecified atom stereocenters. The molecule has 2 heterocycles. The molecule has 1 aromatic carbocycles. The van der Waals surface area contributed by atoms with E-state index in [0.717, 1.165) is 30.2 Å². The molecule has 1 N–H and O–H groups in total. The average molecular weight is 384 g/mol. The number of hydrogen-bond donors (Lipinski definition) is 1. The van der Waals surface area contributed by atoms with Crippen LogP contribution in [0, 0.1) is 18.7 Å². The lowest BCUT2D eigenvalue weighted by atomic mass is 9.97. The Morgan fingerprint density at radius 2 is 2.04 bits per heavy atom. The van der Waals surface area contributed by atoms with Crippen molar-refractivity contribution in [3.63, 3.8) is 0 Å². The summed E-state index contributed by atoms with van der Waals surface area (Å²) < 4.78 is 13.5. The van der Waals surface area contributed by atoms with Crippen LogP contribution in [0.25, 0.3) is 11.1 Å². The molecule has 3 rings (SSSR count). The van der Waals surface area contributed by atoms with Crippen LogP contribution in [0.15, 0.2) is 36.7 Å². The van der Waals surface area contributed by atoms with E-state index in [2.05, 4.69) is 10.3 Å². The molecule has 1 saturated heterocycles. The van der Waals surface area contributed by atoms with Crippen molar-refractivity contribution in [3.05, 3.63) is 48.0 Å². The van der Waals surface area contributed by atoms with Crippen molar-refractivity contribution < 1.29 is 14.0 Å². The minimum absolute atomic E-state index is 0.0497. The van der Waals surface area contributed by atoms with Gasteiger partial charge in [-0.15, -0.1) is 0 Å². The Morgan fingerprint density at radius 1 is 1.25 bits per heavy atom. The molecule has 3 amide bonds. The number of nitrogens with one attached hydrogen (secondary N) is 1. The van der Waals surface area contributed by atoms with Crippen molar-refractivity contribution in [2.24, 2.45) is 5.92 Å². The zero-order chi connectivity index (χ0) is 20.3. The molecule has 1 aliphatic rings. The number of benzene rings is 1. The van der Waals surface area contributed by atoms with Gasteiger partial charge in [-0.05, 0) is 49.1 Å². The van der Waals surface area contributed by atoms with Crippen LogP contribution in [0.4, 0.5) is 14.9 Å². The second-order valence-electron chi connectivity index (χ2n) is 7.37. The summed E-state index contributed by atoms with van der Waals surface area (Å²) in [5, 5.41) is 2.90. The topological polar surface area (TPSA) is 65.5 Å². The summed E-state index contributed by atoms with van der Waals surface area (Å²) >= 11 is 0. The van der Waals surface area contributed by atoms with Crippen LogP contribution < -0.4 is 5.32 Å². The number of amides is 3. The lowest BCUT2D eigenvalue weighted by Crippen LogP contribution is -2.46. The largest absolute Gasteiger partial charge is 0.349 e. The van der Waals surface area contributed by atoms with Crippen LogP contribution in [-0.2, 0) is 4.79 Å². The molecule has 1 fully saturated rings. The Kier molecular flexibility index (Phi) is 5.92. The normalized spacial score (nSPS) is 16.6. The quantitative estimate of drug-likeness (QED) is 0.880. The minimum atomic E-state index is -0.406. The third kappa shape index (κ3) is 4.47. The van der Waals surface area contributed by atoms with E-state index in [1.54, 1.807) is 30.1 Å². The predicted molar refractivity (Wildman–Crippen MR) is 106 cm³/mol. The zero-order valence-corrected chi connectivity index (χ0v) is 16.4. The highest BCUT2D eigenvalue weighted by atomic mass is 19.1. The third-order valence-electron chi connectivity index (χ3n) is 5.00. The Hall–Kier alpha value is -2.96. The number of aryl methyl sites for hydroxylation is 1. The van der Waals surface area contributed by atoms with Crippen molar-refractivity contribution in [3.8, 4) is 11.1 Å². The molecule has 2 aromatic rings. The Morgan fingerprint density at radius 3 is 2.75 bits per heavy atom. The average Bonchev–Trinajstić information content (AvgIpc) is 2.68. The predicted octanol–water partition coefficient (Wildman–Crippen LogP) is 3.53. The van der Waals surface area contributed by atoms with Gasteiger partial charge in [0.1, 0.15) is 5.82 Å². The second-order valence-corrected chi connectivity index (χ2v) is 7.37. The van der Waals surface area contributed by atoms with Crippen LogP contribution in [0.1, 0.15) is 18.4 Å². The number of hydrogen-bond acceptors (Lipinski definition) is 3. The first-order valence-corrected chi connectivity index (χ1v) is 9.34. The maximum Gasteiger partial charge on any atom is 0.321 e. The van der Waals surface area contributed by atoms with Gasteiger partial charge in [0.25, 0.3) is 0 Å². The minimum Gasteiger partial charge on any atom is -0.349 e. The number of likely N-dealkylation sites (tertiary alicyclic amines) is 1. The molecular formula is C21H25FN4O2. The molecule has 148 valence electrons. The van der Waals surface area contributed by atoms with Gasteiger partial charge in [0, 0.05) is 44.6 Å². The van der Waals surface area contributed by atoms with Crippen LogP contribution in [0.3, 0.4) is 0 Å². The number of anilines is 1. The van der Waals surface area contributed by atoms with Crippen molar-refractivity contribution in [1.29, 1.82) is 0 Å². The first kappa shape index (κ1) is 19.8. The van der Waals surface area contributed by atoms with Crippen molar-refractivity contribution >= 4 is 17.6 Å². The summed E-state index contributed by atoms with van der Waals surface area (Å²) in [6.45, 7) is 2.96. The molecule has 1 aliphatic heterocycles. The van der Waals surface area contributed by atoms with Crippen LogP contribution in [0.2, 0.25) is 0 Å². The smallest absolute Gasteiger partial charge is 0.321 e. The molecule has 0 bridgehead atoms. The number of urea groups is 1. The Balaban J connectivity index is 1.74. The van der Waals surface area contributed by atoms with Gasteiger partial charge >= 0.3 is 6.03 Å². The van der Waals surface area contributed by atoms with Gasteiger partial charge < -0.3 is 15.1 Å². The van der Waals surface area contributed by atoms with Crippen molar-refractivity contribution in [1.82, 2.24) is 14.8 Å². The molecule has 0 saturated carbocycles. The summed E-state index contributed by atoms with van der Waals surface area (Å²) in [6.07, 6.45) is 4.35. The number of piperidine rings is 1. The second kappa shape index (κ2) is 8.37. The Labute approximate surface area is 164 Å². The maximum atomic E-state index is 13.5. The molecule has 6 nitrogen and oxygen atoms in total. The number of halogens is 1. The number of aromatic nitrogens is 1. The molecule has 1 atom stereocenters. The van der Waals surface area contributed by atoms with Gasteiger partial charge in [-0.3, -0.25) is 9.78 Å². The van der Waals surface area contributed by atoms with E-state index in [-0.39, 0.29) is 17.9 Å². The number of carbonyl (C=O) groups excluding carboxylic acids is 2. The highest BCUT2D eigenvalue weighted by Crippen LogP contribution is 2.27. The van der Waals surface area contributed by atoms with E-state index in [1.807, 2.05) is 25.1 Å². The van der Waals surface area contributed by atoms with E-state index in [4.69, 9.17) is 0 Å². The molecule has 1 aromatic heterocycles. The van der Waals surface area contributed by atoms with Gasteiger partial charge in [-0.25, -0.2) is 9.18 Å². The van der Waals surface area contributed by atoms with Gasteiger partial charge in [0.05, 0.1) is 12.1 Å². The van der Waals surface area contributed by atoms with E-state index in [0.29, 0.717) is 24.3 Å². The SMILES string of the molecule is Cc1ccc(NC(=O)N2CCC[C@@H](C(=O)N(C)C)C2)cc1-c1cncc(F)c1. The molecule has 7 heteroatoms. The van der Waals surface area contributed by atoms with E-state index in [9.17, 15) is 14.0 Å². The lowest BCUT2D eigenvalue weighted by molar-refractivity contribution is -0.134. The highest BCUT2D eigenvalue weighted by Gasteiger charge is 2.29. The molecule has 0 spiro atoms. The summed E-state index contributed by atoms with van der Waals surface area (Å²) in [7, 11) is 3.47. The fourth-order valence-electron chi connectivity index (χ4n) is 3.50. The van der Waals surface area contributed by atoms with E-state index in [1.165, 1.54) is 6.07 Å². The number of nitrogens with zero attached hydrogens (tertiary/aromatic N) is 3. The van der Waals surface area contributed by atoms with Crippen molar-refractivity contribution in [2.75, 3.05) is 32.5 Å². The van der Waals surface area contributed by atoms with Gasteiger partial charge in [0.2, 0.25) is 5.91 Å². The number of rotatable bonds is 3. The first-order chi connectivity index (χ1) is 13.3. The maximum absolute atomic E-state index is 13.5. The summed E-state index contributed by atoms with van der Waals surface area (Å²) in [4.78, 5) is 32.1. The van der Waals surface area contributed by atoms with Crippen molar-refractivity contribution in [2.45, 2.75) is 19.8 Å². The monoisotopic (exact) mass is 384 g/mol. The number of carbonyl (C=O) groups is 2. The van der Waals surface area contributed by atoms with Crippen LogP contribution >= 0.6 is 0 Å². The molecule has 0 radical (unpaired) electrons. The van der Waals surface area contributed by atoms with Crippen LogP contribution in [-0.4, -0.2) is 53.9 Å². The summed E-state index contributed by atoms with van der Waals surface area (Å²) in [6, 6.07) is 6.70. The van der Waals surface area contributed by atoms with Crippen LogP contribution in [0.5, 0.6) is 0 Å².